The Kier molecular flexibility index (Phi) is 4.48. The van der Waals surface area contributed by atoms with E-state index in [1.54, 1.807) is 31.4 Å². The number of terminal acetylenes is 1. The molecule has 1 N–H and O–H groups in total. The Morgan fingerprint density at radius 2 is 2.12 bits per heavy atom. The van der Waals surface area contributed by atoms with Gasteiger partial charge in [0, 0.05) is 5.56 Å². The standard InChI is InChI=1S/C19H17N3O2/c1-3-11-22-17-10-5-4-9-16(17)21-18(22)13-20-19(23)14-7-6-8-15(12-14)24-2/h1,4-10,12H,11,13H2,2H3,(H,20,23). The molecule has 1 aromatic heterocycles. The fraction of sp³-hybridized carbons (Fsp3) is 0.158. The van der Waals surface area contributed by atoms with Gasteiger partial charge in [0.15, 0.2) is 0 Å². The topological polar surface area (TPSA) is 56.2 Å². The van der Waals surface area contributed by atoms with Crippen molar-refractivity contribution in [1.29, 1.82) is 0 Å². The molecule has 0 spiro atoms. The van der Waals surface area contributed by atoms with Crippen LogP contribution in [0.1, 0.15) is 16.2 Å². The molecule has 5 nitrogen and oxygen atoms in total. The second kappa shape index (κ2) is 6.88. The predicted octanol–water partition coefficient (Wildman–Crippen LogP) is 2.61. The number of para-hydroxylation sites is 2. The van der Waals surface area contributed by atoms with Gasteiger partial charge in [0.05, 0.1) is 31.2 Å². The zero-order valence-electron chi connectivity index (χ0n) is 13.3. The van der Waals surface area contributed by atoms with Crippen LogP contribution in [0.4, 0.5) is 0 Å². The van der Waals surface area contributed by atoms with Crippen molar-refractivity contribution in [3.05, 3.63) is 59.9 Å². The quantitative estimate of drug-likeness (QED) is 0.736. The van der Waals surface area contributed by atoms with Crippen LogP contribution in [0.5, 0.6) is 5.75 Å². The molecule has 120 valence electrons. The first-order valence-corrected chi connectivity index (χ1v) is 7.53. The minimum Gasteiger partial charge on any atom is -0.497 e. The highest BCUT2D eigenvalue weighted by Gasteiger charge is 2.12. The Morgan fingerprint density at radius 1 is 1.29 bits per heavy atom. The second-order valence-electron chi connectivity index (χ2n) is 5.22. The average Bonchev–Trinajstić information content (AvgIpc) is 2.98. The second-order valence-corrected chi connectivity index (χ2v) is 5.22. The SMILES string of the molecule is C#CCn1c(CNC(=O)c2cccc(OC)c2)nc2ccccc21. The zero-order valence-corrected chi connectivity index (χ0v) is 13.3. The van der Waals surface area contributed by atoms with Crippen LogP contribution in [0.15, 0.2) is 48.5 Å². The molecule has 1 amide bonds. The summed E-state index contributed by atoms with van der Waals surface area (Å²) in [4.78, 5) is 16.9. The molecule has 0 fully saturated rings. The van der Waals surface area contributed by atoms with Crippen LogP contribution in [0, 0.1) is 12.3 Å². The van der Waals surface area contributed by atoms with Crippen molar-refractivity contribution in [3.8, 4) is 18.1 Å². The van der Waals surface area contributed by atoms with Crippen LogP contribution >= 0.6 is 0 Å². The monoisotopic (exact) mass is 319 g/mol. The summed E-state index contributed by atoms with van der Waals surface area (Å²) < 4.78 is 7.07. The van der Waals surface area contributed by atoms with Crippen LogP contribution in [0.25, 0.3) is 11.0 Å². The summed E-state index contributed by atoms with van der Waals surface area (Å²) in [6.45, 7) is 0.706. The minimum absolute atomic E-state index is 0.187. The van der Waals surface area contributed by atoms with Gasteiger partial charge in [-0.25, -0.2) is 4.98 Å². The number of imidazole rings is 1. The molecular formula is C19H17N3O2. The third kappa shape index (κ3) is 3.08. The zero-order chi connectivity index (χ0) is 16.9. The maximum Gasteiger partial charge on any atom is 0.251 e. The molecule has 3 rings (SSSR count). The van der Waals surface area contributed by atoms with E-state index < -0.39 is 0 Å². The molecule has 0 aliphatic heterocycles. The van der Waals surface area contributed by atoms with Gasteiger partial charge in [-0.1, -0.05) is 24.1 Å². The van der Waals surface area contributed by atoms with Gasteiger partial charge in [-0.3, -0.25) is 4.79 Å². The van der Waals surface area contributed by atoms with E-state index in [4.69, 9.17) is 11.2 Å². The smallest absolute Gasteiger partial charge is 0.251 e. The van der Waals surface area contributed by atoms with Crippen molar-refractivity contribution in [2.75, 3.05) is 7.11 Å². The number of nitrogens with one attached hydrogen (secondary N) is 1. The molecule has 0 atom stereocenters. The maximum absolute atomic E-state index is 12.3. The van der Waals surface area contributed by atoms with E-state index in [2.05, 4.69) is 16.2 Å². The lowest BCUT2D eigenvalue weighted by atomic mass is 10.2. The Labute approximate surface area is 140 Å². The maximum atomic E-state index is 12.3. The molecule has 3 aromatic rings. The summed E-state index contributed by atoms with van der Waals surface area (Å²) in [5.74, 6) is 3.81. The van der Waals surface area contributed by atoms with Crippen LogP contribution in [0.2, 0.25) is 0 Å². The summed E-state index contributed by atoms with van der Waals surface area (Å²) >= 11 is 0. The fourth-order valence-corrected chi connectivity index (χ4v) is 2.55. The van der Waals surface area contributed by atoms with Gasteiger partial charge in [-0.05, 0) is 30.3 Å². The number of hydrogen-bond acceptors (Lipinski definition) is 3. The van der Waals surface area contributed by atoms with E-state index >= 15 is 0 Å². The van der Waals surface area contributed by atoms with Crippen LogP contribution in [0.3, 0.4) is 0 Å². The summed E-state index contributed by atoms with van der Waals surface area (Å²) in [7, 11) is 1.57. The number of hydrogen-bond donors (Lipinski definition) is 1. The number of fused-ring (bicyclic) bond motifs is 1. The number of methoxy groups -OCH3 is 1. The number of nitrogens with zero attached hydrogens (tertiary/aromatic N) is 2. The number of benzene rings is 2. The highest BCUT2D eigenvalue weighted by Crippen LogP contribution is 2.16. The number of amides is 1. The number of carbonyl (C=O) groups is 1. The first-order chi connectivity index (χ1) is 11.7. The first-order valence-electron chi connectivity index (χ1n) is 7.53. The van der Waals surface area contributed by atoms with Crippen molar-refractivity contribution in [1.82, 2.24) is 14.9 Å². The Morgan fingerprint density at radius 3 is 2.92 bits per heavy atom. The van der Waals surface area contributed by atoms with E-state index in [1.807, 2.05) is 28.8 Å². The van der Waals surface area contributed by atoms with Crippen LogP contribution in [-0.4, -0.2) is 22.6 Å². The van der Waals surface area contributed by atoms with Gasteiger partial charge in [0.1, 0.15) is 11.6 Å². The van der Waals surface area contributed by atoms with E-state index in [1.165, 1.54) is 0 Å². The summed E-state index contributed by atoms with van der Waals surface area (Å²) in [6.07, 6.45) is 5.46. The summed E-state index contributed by atoms with van der Waals surface area (Å²) in [5, 5.41) is 2.88. The highest BCUT2D eigenvalue weighted by atomic mass is 16.5. The van der Waals surface area contributed by atoms with Gasteiger partial charge in [0.2, 0.25) is 0 Å². The molecule has 0 aliphatic rings. The van der Waals surface area contributed by atoms with Gasteiger partial charge < -0.3 is 14.6 Å². The Hall–Kier alpha value is -3.26. The van der Waals surface area contributed by atoms with E-state index in [0.29, 0.717) is 24.4 Å². The number of rotatable bonds is 5. The third-order valence-electron chi connectivity index (χ3n) is 3.72. The number of carbonyl (C=O) groups excluding carboxylic acids is 1. The van der Waals surface area contributed by atoms with Crippen molar-refractivity contribution in [3.63, 3.8) is 0 Å². The van der Waals surface area contributed by atoms with Gasteiger partial charge >= 0.3 is 0 Å². The minimum atomic E-state index is -0.187. The summed E-state index contributed by atoms with van der Waals surface area (Å²) in [5.41, 5.74) is 2.36. The predicted molar refractivity (Wildman–Crippen MR) is 92.7 cm³/mol. The summed E-state index contributed by atoms with van der Waals surface area (Å²) in [6, 6.07) is 14.8. The molecule has 0 bridgehead atoms. The fourth-order valence-electron chi connectivity index (χ4n) is 2.55. The van der Waals surface area contributed by atoms with Gasteiger partial charge in [0.25, 0.3) is 5.91 Å². The molecule has 1 heterocycles. The molecular weight excluding hydrogens is 302 g/mol. The molecule has 5 heteroatoms. The van der Waals surface area contributed by atoms with Crippen LogP contribution in [-0.2, 0) is 13.1 Å². The van der Waals surface area contributed by atoms with Crippen molar-refractivity contribution < 1.29 is 9.53 Å². The van der Waals surface area contributed by atoms with Crippen LogP contribution < -0.4 is 10.1 Å². The van der Waals surface area contributed by atoms with Gasteiger partial charge in [-0.2, -0.15) is 0 Å². The molecule has 24 heavy (non-hydrogen) atoms. The van der Waals surface area contributed by atoms with E-state index in [0.717, 1.165) is 16.9 Å². The lowest BCUT2D eigenvalue weighted by Crippen LogP contribution is -2.24. The lowest BCUT2D eigenvalue weighted by molar-refractivity contribution is 0.0949. The molecule has 0 radical (unpaired) electrons. The Balaban J connectivity index is 1.81. The molecule has 0 unspecified atom stereocenters. The normalized spacial score (nSPS) is 10.3. The van der Waals surface area contributed by atoms with Crippen molar-refractivity contribution >= 4 is 16.9 Å². The van der Waals surface area contributed by atoms with E-state index in [9.17, 15) is 4.79 Å². The highest BCUT2D eigenvalue weighted by molar-refractivity contribution is 5.94. The largest absolute Gasteiger partial charge is 0.497 e. The lowest BCUT2D eigenvalue weighted by Gasteiger charge is -2.08. The molecule has 2 aromatic carbocycles. The Bertz CT molecular complexity index is 922. The third-order valence-corrected chi connectivity index (χ3v) is 3.72. The molecule has 0 aliphatic carbocycles. The average molecular weight is 319 g/mol. The van der Waals surface area contributed by atoms with Crippen molar-refractivity contribution in [2.45, 2.75) is 13.1 Å². The number of ether oxygens (including phenoxy) is 1. The van der Waals surface area contributed by atoms with E-state index in [-0.39, 0.29) is 5.91 Å². The number of aromatic nitrogens is 2. The molecule has 0 saturated carbocycles. The molecule has 0 saturated heterocycles. The van der Waals surface area contributed by atoms with Gasteiger partial charge in [-0.15, -0.1) is 6.42 Å². The first kappa shape index (κ1) is 15.6. The van der Waals surface area contributed by atoms with Crippen molar-refractivity contribution in [2.24, 2.45) is 0 Å².